The monoisotopic (exact) mass is 138 g/mol. The average molecular weight is 138 g/mol. The van der Waals surface area contributed by atoms with Crippen LogP contribution in [-0.2, 0) is 0 Å². The van der Waals surface area contributed by atoms with Crippen LogP contribution in [0.3, 0.4) is 0 Å². The molecule has 0 radical (unpaired) electrons. The van der Waals surface area contributed by atoms with E-state index in [4.69, 9.17) is 0 Å². The molecule has 10 heavy (non-hydrogen) atoms. The molecule has 0 saturated heterocycles. The maximum absolute atomic E-state index is 2.30. The van der Waals surface area contributed by atoms with Crippen LogP contribution in [0.1, 0.15) is 46.5 Å². The molecule has 0 spiro atoms. The molecule has 0 bridgehead atoms. The van der Waals surface area contributed by atoms with Crippen LogP contribution in [0.4, 0.5) is 0 Å². The third-order valence-corrected chi connectivity index (χ3v) is 2.25. The number of hydrogen-bond donors (Lipinski definition) is 0. The van der Waals surface area contributed by atoms with E-state index in [1.807, 2.05) is 0 Å². The van der Waals surface area contributed by atoms with Gasteiger partial charge in [0.25, 0.3) is 0 Å². The lowest BCUT2D eigenvalue weighted by atomic mass is 10.1. The Morgan fingerprint density at radius 2 is 2.00 bits per heavy atom. The molecule has 0 aromatic heterocycles. The highest BCUT2D eigenvalue weighted by atomic mass is 14.2. The molecule has 0 fully saturated rings. The second-order valence-electron chi connectivity index (χ2n) is 3.67. The molecule has 0 aliphatic heterocycles. The van der Waals surface area contributed by atoms with Crippen molar-refractivity contribution in [1.82, 2.24) is 0 Å². The van der Waals surface area contributed by atoms with E-state index >= 15 is 0 Å². The van der Waals surface area contributed by atoms with Gasteiger partial charge in [0.1, 0.15) is 0 Å². The van der Waals surface area contributed by atoms with E-state index in [9.17, 15) is 0 Å². The summed E-state index contributed by atoms with van der Waals surface area (Å²) < 4.78 is 0. The second-order valence-corrected chi connectivity index (χ2v) is 3.67. The minimum atomic E-state index is 0.881. The van der Waals surface area contributed by atoms with Crippen LogP contribution in [0, 0.1) is 5.92 Å². The predicted molar refractivity (Wildman–Crippen MR) is 46.0 cm³/mol. The highest BCUT2D eigenvalue weighted by Crippen LogP contribution is 2.37. The van der Waals surface area contributed by atoms with Crippen molar-refractivity contribution in [2.75, 3.05) is 0 Å². The molecule has 0 aromatic rings. The van der Waals surface area contributed by atoms with E-state index < -0.39 is 0 Å². The maximum atomic E-state index is 2.30. The van der Waals surface area contributed by atoms with Crippen molar-refractivity contribution in [2.24, 2.45) is 5.92 Å². The molecule has 0 unspecified atom stereocenters. The van der Waals surface area contributed by atoms with Crippen molar-refractivity contribution in [2.45, 2.75) is 46.5 Å². The van der Waals surface area contributed by atoms with Crippen LogP contribution in [-0.4, -0.2) is 0 Å². The zero-order chi connectivity index (χ0) is 7.56. The van der Waals surface area contributed by atoms with Gasteiger partial charge in [-0.05, 0) is 31.6 Å². The summed E-state index contributed by atoms with van der Waals surface area (Å²) in [5.41, 5.74) is 3.50. The van der Waals surface area contributed by atoms with Gasteiger partial charge in [0.15, 0.2) is 0 Å². The van der Waals surface area contributed by atoms with Crippen molar-refractivity contribution < 1.29 is 0 Å². The summed E-state index contributed by atoms with van der Waals surface area (Å²) in [6, 6.07) is 0. The molecular weight excluding hydrogens is 120 g/mol. The van der Waals surface area contributed by atoms with Crippen molar-refractivity contribution in [3.8, 4) is 0 Å². The fraction of sp³-hybridized carbons (Fsp3) is 0.800. The summed E-state index contributed by atoms with van der Waals surface area (Å²) in [5, 5.41) is 0. The third kappa shape index (κ3) is 2.17. The normalized spacial score (nSPS) is 16.8. The van der Waals surface area contributed by atoms with Crippen LogP contribution < -0.4 is 0 Å². The van der Waals surface area contributed by atoms with Crippen LogP contribution in [0.25, 0.3) is 0 Å². The van der Waals surface area contributed by atoms with Crippen LogP contribution in [0.5, 0.6) is 0 Å². The Morgan fingerprint density at radius 3 is 2.40 bits per heavy atom. The van der Waals surface area contributed by atoms with E-state index in [0.717, 1.165) is 5.92 Å². The van der Waals surface area contributed by atoms with Gasteiger partial charge < -0.3 is 0 Å². The lowest BCUT2D eigenvalue weighted by Gasteiger charge is -1.98. The minimum Gasteiger partial charge on any atom is -0.0669 e. The molecule has 0 heteroatoms. The molecule has 1 aliphatic rings. The topological polar surface area (TPSA) is 0 Å². The first-order valence-electron chi connectivity index (χ1n) is 4.43. The Morgan fingerprint density at radius 1 is 1.30 bits per heavy atom. The summed E-state index contributed by atoms with van der Waals surface area (Å²) in [5.74, 6) is 0.881. The van der Waals surface area contributed by atoms with E-state index in [2.05, 4.69) is 20.8 Å². The summed E-state index contributed by atoms with van der Waals surface area (Å²) in [7, 11) is 0. The molecule has 0 amide bonds. The van der Waals surface area contributed by atoms with Crippen LogP contribution in [0.2, 0.25) is 0 Å². The Balaban J connectivity index is 2.11. The Bertz CT molecular complexity index is 140. The van der Waals surface area contributed by atoms with E-state index in [1.165, 1.54) is 25.7 Å². The molecular formula is C10H18. The van der Waals surface area contributed by atoms with E-state index in [-0.39, 0.29) is 0 Å². The highest BCUT2D eigenvalue weighted by Gasteiger charge is 2.18. The minimum absolute atomic E-state index is 0.881. The highest BCUT2D eigenvalue weighted by molar-refractivity contribution is 5.34. The van der Waals surface area contributed by atoms with Gasteiger partial charge in [-0.2, -0.15) is 0 Å². The van der Waals surface area contributed by atoms with Gasteiger partial charge in [0.2, 0.25) is 0 Å². The van der Waals surface area contributed by atoms with Gasteiger partial charge in [0.05, 0.1) is 0 Å². The van der Waals surface area contributed by atoms with Gasteiger partial charge in [-0.1, -0.05) is 31.9 Å². The number of hydrogen-bond acceptors (Lipinski definition) is 0. The zero-order valence-electron chi connectivity index (χ0n) is 7.41. The largest absolute Gasteiger partial charge is 0.0669 e. The summed E-state index contributed by atoms with van der Waals surface area (Å²) >= 11 is 0. The molecule has 58 valence electrons. The van der Waals surface area contributed by atoms with Crippen molar-refractivity contribution in [3.05, 3.63) is 11.1 Å². The molecule has 0 heterocycles. The van der Waals surface area contributed by atoms with Crippen LogP contribution >= 0.6 is 0 Å². The summed E-state index contributed by atoms with van der Waals surface area (Å²) in [6.45, 7) is 6.86. The lowest BCUT2D eigenvalue weighted by molar-refractivity contribution is 0.588. The van der Waals surface area contributed by atoms with Gasteiger partial charge in [-0.3, -0.25) is 0 Å². The Labute approximate surface area is 64.3 Å². The molecule has 0 saturated carbocycles. The van der Waals surface area contributed by atoms with Crippen molar-refractivity contribution >= 4 is 0 Å². The van der Waals surface area contributed by atoms with Gasteiger partial charge in [-0.25, -0.2) is 0 Å². The maximum Gasteiger partial charge on any atom is -0.0103 e. The molecule has 0 N–H and O–H groups in total. The first-order valence-corrected chi connectivity index (χ1v) is 4.43. The zero-order valence-corrected chi connectivity index (χ0v) is 7.41. The van der Waals surface area contributed by atoms with Gasteiger partial charge in [0, 0.05) is 0 Å². The van der Waals surface area contributed by atoms with Crippen molar-refractivity contribution in [3.63, 3.8) is 0 Å². The van der Waals surface area contributed by atoms with E-state index in [0.29, 0.717) is 0 Å². The molecule has 1 rings (SSSR count). The van der Waals surface area contributed by atoms with Gasteiger partial charge >= 0.3 is 0 Å². The predicted octanol–water partition coefficient (Wildman–Crippen LogP) is 3.53. The third-order valence-electron chi connectivity index (χ3n) is 2.25. The first kappa shape index (κ1) is 7.84. The molecule has 1 aliphatic carbocycles. The Hall–Kier alpha value is -0.260. The lowest BCUT2D eigenvalue weighted by Crippen LogP contribution is -1.84. The number of allylic oxidation sites excluding steroid dienone is 2. The SMILES string of the molecule is CCC1=C(CCC(C)C)C1. The van der Waals surface area contributed by atoms with Crippen LogP contribution in [0.15, 0.2) is 11.1 Å². The average Bonchev–Trinajstić information content (AvgIpc) is 2.61. The molecule has 0 nitrogen and oxygen atoms in total. The standard InChI is InChI=1S/C10H18/c1-4-9-7-10(9)6-5-8(2)3/h8H,4-7H2,1-3H3. The summed E-state index contributed by atoms with van der Waals surface area (Å²) in [4.78, 5) is 0. The summed E-state index contributed by atoms with van der Waals surface area (Å²) in [6.07, 6.45) is 5.43. The second kappa shape index (κ2) is 3.23. The van der Waals surface area contributed by atoms with Crippen molar-refractivity contribution in [1.29, 1.82) is 0 Å². The quantitative estimate of drug-likeness (QED) is 0.521. The molecule has 0 atom stereocenters. The molecule has 0 aromatic carbocycles. The Kier molecular flexibility index (Phi) is 2.53. The van der Waals surface area contributed by atoms with Gasteiger partial charge in [-0.15, -0.1) is 0 Å². The van der Waals surface area contributed by atoms with E-state index in [1.54, 1.807) is 11.1 Å². The first-order chi connectivity index (χ1) is 4.74. The smallest absolute Gasteiger partial charge is 0.0103 e. The fourth-order valence-corrected chi connectivity index (χ4v) is 1.32. The fourth-order valence-electron chi connectivity index (χ4n) is 1.32. The number of rotatable bonds is 4.